The Morgan fingerprint density at radius 2 is 2.05 bits per heavy atom. The van der Waals surface area contributed by atoms with Crippen LogP contribution in [0, 0.1) is 0 Å². The zero-order valence-electron chi connectivity index (χ0n) is 15.0. The largest absolute Gasteiger partial charge is 0.507 e. The van der Waals surface area contributed by atoms with Crippen LogP contribution in [0.2, 0.25) is 0 Å². The first-order chi connectivity index (χ1) is 11.9. The number of benzene rings is 2. The van der Waals surface area contributed by atoms with Crippen molar-refractivity contribution >= 4 is 22.1 Å². The number of hydrogen-bond donors (Lipinski definition) is 2. The molecule has 0 saturated heterocycles. The van der Waals surface area contributed by atoms with E-state index in [1.807, 2.05) is 41.8 Å². The lowest BCUT2D eigenvalue weighted by Crippen LogP contribution is -2.15. The normalized spacial score (nSPS) is 15.0. The van der Waals surface area contributed by atoms with E-state index in [0.717, 1.165) is 15.6 Å². The molecule has 2 N–H and O–H groups in total. The van der Waals surface area contributed by atoms with Crippen molar-refractivity contribution in [3.05, 3.63) is 58.8 Å². The Balaban J connectivity index is 1.84. The number of rotatable bonds is 6. The molecule has 0 amide bonds. The molecular formula is C18H19NO2S. The third-order valence-electron chi connectivity index (χ3n) is 3.52. The summed E-state index contributed by atoms with van der Waals surface area (Å²) in [6, 6.07) is 14.8. The fraction of sp³-hybridized carbons (Fsp3) is 0.222. The van der Waals surface area contributed by atoms with Gasteiger partial charge in [-0.25, -0.2) is 0 Å². The second kappa shape index (κ2) is 6.81. The summed E-state index contributed by atoms with van der Waals surface area (Å²) in [7, 11) is 0. The van der Waals surface area contributed by atoms with Crippen LogP contribution in [0.5, 0.6) is 11.5 Å². The van der Waals surface area contributed by atoms with Crippen molar-refractivity contribution in [1.29, 1.82) is 0 Å². The molecule has 1 aromatic heterocycles. The smallest absolute Gasteiger partial charge is 0.134 e. The Hall–Kier alpha value is -2.04. The quantitative estimate of drug-likeness (QED) is 0.711. The molecule has 1 atom stereocenters. The van der Waals surface area contributed by atoms with E-state index in [4.69, 9.17) is 8.85 Å². The van der Waals surface area contributed by atoms with Crippen molar-refractivity contribution < 1.29 is 14.0 Å². The van der Waals surface area contributed by atoms with Crippen molar-refractivity contribution in [3.8, 4) is 11.5 Å². The Morgan fingerprint density at radius 3 is 2.86 bits per heavy atom. The molecule has 22 heavy (non-hydrogen) atoms. The number of nitrogens with one attached hydrogen (secondary N) is 1. The summed E-state index contributed by atoms with van der Waals surface area (Å²) in [5, 5.41) is 16.1. The van der Waals surface area contributed by atoms with Gasteiger partial charge in [-0.15, -0.1) is 11.3 Å². The molecule has 0 radical (unpaired) electrons. The molecule has 4 heteroatoms. The Kier molecular flexibility index (Phi) is 3.57. The van der Waals surface area contributed by atoms with Crippen molar-refractivity contribution in [2.45, 2.75) is 12.5 Å². The first kappa shape index (κ1) is 11.5. The highest BCUT2D eigenvalue weighted by molar-refractivity contribution is 7.10. The van der Waals surface area contributed by atoms with E-state index in [1.165, 1.54) is 0 Å². The highest BCUT2D eigenvalue weighted by Crippen LogP contribution is 2.35. The molecule has 0 aliphatic rings. The van der Waals surface area contributed by atoms with Crippen molar-refractivity contribution in [1.82, 2.24) is 5.32 Å². The topological polar surface area (TPSA) is 41.5 Å². The van der Waals surface area contributed by atoms with Gasteiger partial charge in [0, 0.05) is 26.2 Å². The number of phenols is 1. The van der Waals surface area contributed by atoms with Gasteiger partial charge in [0.25, 0.3) is 0 Å². The molecule has 3 rings (SSSR count). The number of hydrogen-bond acceptors (Lipinski definition) is 4. The third-order valence-corrected chi connectivity index (χ3v) is 4.48. The van der Waals surface area contributed by atoms with E-state index in [9.17, 15) is 5.11 Å². The van der Waals surface area contributed by atoms with Crippen LogP contribution >= 0.6 is 11.3 Å². The maximum atomic E-state index is 10.0. The minimum Gasteiger partial charge on any atom is -0.507 e. The SMILES string of the molecule is [2H]C([2H])([2H])NCC[C@H](Oc1cccc2c(O)cccc12)c1cccs1. The average Bonchev–Trinajstić information content (AvgIpc) is 3.08. The standard InChI is InChI=1S/C18H19NO2S/c1-19-11-10-17(18-9-4-12-22-18)21-16-8-3-5-13-14(16)6-2-7-15(13)20/h2-9,12,17,19-20H,10-11H2,1H3/t17-/m0/s1/i1D3. The fourth-order valence-corrected chi connectivity index (χ4v) is 3.25. The maximum Gasteiger partial charge on any atom is 0.134 e. The van der Waals surface area contributed by atoms with E-state index in [1.54, 1.807) is 23.5 Å². The molecule has 0 spiro atoms. The Morgan fingerprint density at radius 1 is 1.18 bits per heavy atom. The van der Waals surface area contributed by atoms with E-state index >= 15 is 0 Å². The van der Waals surface area contributed by atoms with Gasteiger partial charge in [0.1, 0.15) is 17.6 Å². The molecule has 0 bridgehead atoms. The highest BCUT2D eigenvalue weighted by atomic mass is 32.1. The summed E-state index contributed by atoms with van der Waals surface area (Å²) in [6.07, 6.45) is 0.261. The molecule has 1 heterocycles. The molecule has 0 aliphatic carbocycles. The second-order valence-electron chi connectivity index (χ2n) is 4.97. The summed E-state index contributed by atoms with van der Waals surface area (Å²) in [6.45, 7) is -1.85. The number of thiophene rings is 1. The molecule has 2 aromatic carbocycles. The third kappa shape index (κ3) is 3.08. The molecule has 3 aromatic rings. The van der Waals surface area contributed by atoms with E-state index in [0.29, 0.717) is 18.7 Å². The van der Waals surface area contributed by atoms with Gasteiger partial charge < -0.3 is 15.2 Å². The van der Waals surface area contributed by atoms with Crippen LogP contribution in [-0.4, -0.2) is 18.6 Å². The molecule has 0 saturated carbocycles. The first-order valence-electron chi connectivity index (χ1n) is 8.60. The monoisotopic (exact) mass is 316 g/mol. The van der Waals surface area contributed by atoms with Crippen LogP contribution < -0.4 is 10.1 Å². The van der Waals surface area contributed by atoms with E-state index < -0.39 is 6.98 Å². The predicted molar refractivity (Wildman–Crippen MR) is 91.8 cm³/mol. The minimum absolute atomic E-state index is 0.208. The lowest BCUT2D eigenvalue weighted by Gasteiger charge is -2.19. The van der Waals surface area contributed by atoms with E-state index in [-0.39, 0.29) is 11.9 Å². The summed E-state index contributed by atoms with van der Waals surface area (Å²) in [5.41, 5.74) is 0. The van der Waals surface area contributed by atoms with Gasteiger partial charge in [-0.1, -0.05) is 30.3 Å². The van der Waals surface area contributed by atoms with Crippen LogP contribution in [0.15, 0.2) is 53.9 Å². The molecule has 3 nitrogen and oxygen atoms in total. The van der Waals surface area contributed by atoms with Gasteiger partial charge in [0.2, 0.25) is 0 Å². The minimum atomic E-state index is -2.16. The molecule has 0 fully saturated rings. The van der Waals surface area contributed by atoms with Gasteiger partial charge in [0.15, 0.2) is 0 Å². The summed E-state index contributed by atoms with van der Waals surface area (Å²) in [4.78, 5) is 1.03. The molecule has 114 valence electrons. The highest BCUT2D eigenvalue weighted by Gasteiger charge is 2.16. The summed E-state index contributed by atoms with van der Waals surface area (Å²) in [5.74, 6) is 0.875. The second-order valence-corrected chi connectivity index (χ2v) is 5.95. The number of ether oxygens (including phenoxy) is 1. The van der Waals surface area contributed by atoms with Crippen molar-refractivity contribution in [2.24, 2.45) is 0 Å². The Bertz CT molecular complexity index is 834. The molecule has 0 unspecified atom stereocenters. The van der Waals surface area contributed by atoms with Crippen LogP contribution in [0.1, 0.15) is 21.5 Å². The van der Waals surface area contributed by atoms with Gasteiger partial charge >= 0.3 is 0 Å². The Labute approximate surface area is 138 Å². The maximum absolute atomic E-state index is 10.0. The summed E-state index contributed by atoms with van der Waals surface area (Å²) < 4.78 is 28.0. The van der Waals surface area contributed by atoms with Gasteiger partial charge in [-0.05, 0) is 37.1 Å². The zero-order valence-corrected chi connectivity index (χ0v) is 12.8. The van der Waals surface area contributed by atoms with Crippen LogP contribution in [0.4, 0.5) is 0 Å². The van der Waals surface area contributed by atoms with Gasteiger partial charge in [-0.3, -0.25) is 0 Å². The number of fused-ring (bicyclic) bond motifs is 1. The molecule has 0 aliphatic heterocycles. The number of aromatic hydroxyl groups is 1. The lowest BCUT2D eigenvalue weighted by molar-refractivity contribution is 0.201. The van der Waals surface area contributed by atoms with Crippen molar-refractivity contribution in [3.63, 3.8) is 0 Å². The van der Waals surface area contributed by atoms with Crippen LogP contribution in [-0.2, 0) is 0 Å². The zero-order chi connectivity index (χ0) is 17.9. The first-order valence-corrected chi connectivity index (χ1v) is 7.98. The number of phenolic OH excluding ortho intramolecular Hbond substituents is 1. The average molecular weight is 316 g/mol. The fourth-order valence-electron chi connectivity index (χ4n) is 2.46. The van der Waals surface area contributed by atoms with Gasteiger partial charge in [0.05, 0.1) is 0 Å². The van der Waals surface area contributed by atoms with Gasteiger partial charge in [-0.2, -0.15) is 0 Å². The van der Waals surface area contributed by atoms with Crippen LogP contribution in [0.3, 0.4) is 0 Å². The molecular weight excluding hydrogens is 294 g/mol. The lowest BCUT2D eigenvalue weighted by atomic mass is 10.1. The van der Waals surface area contributed by atoms with Crippen molar-refractivity contribution in [2.75, 3.05) is 13.5 Å². The van der Waals surface area contributed by atoms with E-state index in [2.05, 4.69) is 5.32 Å². The predicted octanol–water partition coefficient (Wildman–Crippen LogP) is 4.34. The van der Waals surface area contributed by atoms with Crippen LogP contribution in [0.25, 0.3) is 10.8 Å². The summed E-state index contributed by atoms with van der Waals surface area (Å²) >= 11 is 1.57.